The molecule has 0 aliphatic heterocycles. The van der Waals surface area contributed by atoms with E-state index < -0.39 is 15.8 Å². The summed E-state index contributed by atoms with van der Waals surface area (Å²) in [5.41, 5.74) is 0. The maximum absolute atomic E-state index is 12.8. The molecule has 0 bridgehead atoms. The lowest BCUT2D eigenvalue weighted by atomic mass is 10.3. The highest BCUT2D eigenvalue weighted by molar-refractivity contribution is 7.89. The highest BCUT2D eigenvalue weighted by Gasteiger charge is 2.20. The monoisotopic (exact) mass is 331 g/mol. The van der Waals surface area contributed by atoms with E-state index in [9.17, 15) is 17.6 Å². The van der Waals surface area contributed by atoms with Crippen molar-refractivity contribution in [1.29, 1.82) is 0 Å². The number of halogens is 1. The molecule has 6 nitrogen and oxygen atoms in total. The van der Waals surface area contributed by atoms with Gasteiger partial charge in [-0.25, -0.2) is 17.1 Å². The molecule has 0 radical (unpaired) electrons. The van der Waals surface area contributed by atoms with E-state index in [2.05, 4.69) is 10.6 Å². The Labute approximate surface area is 130 Å². The lowest BCUT2D eigenvalue weighted by Crippen LogP contribution is -2.32. The highest BCUT2D eigenvalue weighted by atomic mass is 32.2. The van der Waals surface area contributed by atoms with Crippen molar-refractivity contribution >= 4 is 15.9 Å². The van der Waals surface area contributed by atoms with E-state index in [1.54, 1.807) is 7.05 Å². The van der Waals surface area contributed by atoms with Crippen molar-refractivity contribution < 1.29 is 17.6 Å². The molecule has 0 unspecified atom stereocenters. The number of likely N-dealkylation sites (N-methyl/N-ethyl adjacent to an activating group) is 1. The molecule has 0 fully saturated rings. The Hall–Kier alpha value is -1.51. The number of hydrogen-bond donors (Lipinski definition) is 2. The fraction of sp³-hybridized carbons (Fsp3) is 0.500. The number of carbonyl (C=O) groups excluding carboxylic acids is 1. The van der Waals surface area contributed by atoms with Crippen LogP contribution in [0.1, 0.15) is 12.8 Å². The minimum atomic E-state index is -3.65. The average molecular weight is 331 g/mol. The Kier molecular flexibility index (Phi) is 7.43. The second-order valence-corrected chi connectivity index (χ2v) is 6.88. The van der Waals surface area contributed by atoms with Crippen molar-refractivity contribution in [3.63, 3.8) is 0 Å². The third-order valence-electron chi connectivity index (χ3n) is 3.10. The number of amides is 1. The summed E-state index contributed by atoms with van der Waals surface area (Å²) in [4.78, 5) is 11.5. The van der Waals surface area contributed by atoms with Crippen molar-refractivity contribution in [1.82, 2.24) is 14.9 Å². The second kappa shape index (κ2) is 8.82. The lowest BCUT2D eigenvalue weighted by molar-refractivity contribution is -0.121. The molecule has 0 atom stereocenters. The first kappa shape index (κ1) is 18.5. The lowest BCUT2D eigenvalue weighted by Gasteiger charge is -2.17. The van der Waals surface area contributed by atoms with Crippen LogP contribution < -0.4 is 10.6 Å². The Morgan fingerprint density at radius 1 is 1.23 bits per heavy atom. The number of rotatable bonds is 9. The van der Waals surface area contributed by atoms with Crippen LogP contribution in [0.15, 0.2) is 29.2 Å². The van der Waals surface area contributed by atoms with Crippen LogP contribution in [-0.2, 0) is 14.8 Å². The Bertz CT molecular complexity index is 576. The van der Waals surface area contributed by atoms with E-state index in [1.807, 2.05) is 0 Å². The largest absolute Gasteiger partial charge is 0.355 e. The first-order valence-electron chi connectivity index (χ1n) is 7.01. The zero-order chi connectivity index (χ0) is 16.6. The van der Waals surface area contributed by atoms with Crippen LogP contribution in [0.4, 0.5) is 4.39 Å². The third kappa shape index (κ3) is 5.70. The molecule has 0 aliphatic rings. The van der Waals surface area contributed by atoms with Crippen LogP contribution >= 0.6 is 0 Å². The molecular formula is C14H22FN3O3S. The normalized spacial score (nSPS) is 11.6. The van der Waals surface area contributed by atoms with Gasteiger partial charge < -0.3 is 10.6 Å². The number of sulfonamides is 1. The standard InChI is InChI=1S/C14H22FN3O3S/c1-16-9-10-17-14(19)4-3-11-18(2)22(20,21)13-7-5-12(15)6-8-13/h5-8,16H,3-4,9-11H2,1-2H3,(H,17,19). The van der Waals surface area contributed by atoms with Gasteiger partial charge in [-0.1, -0.05) is 0 Å². The van der Waals surface area contributed by atoms with E-state index >= 15 is 0 Å². The molecule has 1 amide bonds. The average Bonchev–Trinajstić information content (AvgIpc) is 2.47. The summed E-state index contributed by atoms with van der Waals surface area (Å²) in [6, 6.07) is 4.67. The van der Waals surface area contributed by atoms with E-state index in [1.165, 1.54) is 23.5 Å². The van der Waals surface area contributed by atoms with E-state index in [4.69, 9.17) is 0 Å². The van der Waals surface area contributed by atoms with Crippen molar-refractivity contribution in [2.45, 2.75) is 17.7 Å². The molecule has 1 aromatic carbocycles. The summed E-state index contributed by atoms with van der Waals surface area (Å²) in [6.07, 6.45) is 0.676. The first-order valence-corrected chi connectivity index (χ1v) is 8.45. The van der Waals surface area contributed by atoms with Gasteiger partial charge in [0, 0.05) is 33.1 Å². The van der Waals surface area contributed by atoms with Crippen molar-refractivity contribution in [3.05, 3.63) is 30.1 Å². The molecule has 0 spiro atoms. The Morgan fingerprint density at radius 3 is 2.45 bits per heavy atom. The van der Waals surface area contributed by atoms with Gasteiger partial charge in [0.05, 0.1) is 4.90 Å². The molecule has 0 aliphatic carbocycles. The van der Waals surface area contributed by atoms with Gasteiger partial charge in [0.25, 0.3) is 0 Å². The zero-order valence-corrected chi connectivity index (χ0v) is 13.6. The van der Waals surface area contributed by atoms with Gasteiger partial charge in [-0.15, -0.1) is 0 Å². The maximum Gasteiger partial charge on any atom is 0.242 e. The third-order valence-corrected chi connectivity index (χ3v) is 4.97. The number of carbonyl (C=O) groups is 1. The Balaban J connectivity index is 2.45. The molecule has 0 heterocycles. The predicted molar refractivity (Wildman–Crippen MR) is 82.4 cm³/mol. The minimum absolute atomic E-state index is 0.0369. The first-order chi connectivity index (χ1) is 10.4. The SMILES string of the molecule is CNCCNC(=O)CCCN(C)S(=O)(=O)c1ccc(F)cc1. The number of nitrogens with one attached hydrogen (secondary N) is 2. The molecule has 0 aromatic heterocycles. The summed E-state index contributed by atoms with van der Waals surface area (Å²) in [5, 5.41) is 5.63. The van der Waals surface area contributed by atoms with Crippen molar-refractivity contribution in [3.8, 4) is 0 Å². The molecule has 2 N–H and O–H groups in total. The number of nitrogens with zero attached hydrogens (tertiary/aromatic N) is 1. The highest BCUT2D eigenvalue weighted by Crippen LogP contribution is 2.15. The van der Waals surface area contributed by atoms with E-state index in [0.717, 1.165) is 12.1 Å². The summed E-state index contributed by atoms with van der Waals surface area (Å²) in [7, 11) is -0.414. The maximum atomic E-state index is 12.8. The molecule has 22 heavy (non-hydrogen) atoms. The van der Waals surface area contributed by atoms with Crippen LogP contribution in [0, 0.1) is 5.82 Å². The summed E-state index contributed by atoms with van der Waals surface area (Å²) in [6.45, 7) is 1.45. The summed E-state index contributed by atoms with van der Waals surface area (Å²) < 4.78 is 38.5. The minimum Gasteiger partial charge on any atom is -0.355 e. The van der Waals surface area contributed by atoms with E-state index in [0.29, 0.717) is 19.5 Å². The van der Waals surface area contributed by atoms with Crippen LogP contribution in [0.3, 0.4) is 0 Å². The van der Waals surface area contributed by atoms with Gasteiger partial charge in [0.2, 0.25) is 15.9 Å². The molecule has 8 heteroatoms. The number of benzene rings is 1. The van der Waals surface area contributed by atoms with Gasteiger partial charge in [0.1, 0.15) is 5.82 Å². The fourth-order valence-corrected chi connectivity index (χ4v) is 2.99. The van der Waals surface area contributed by atoms with E-state index in [-0.39, 0.29) is 23.8 Å². The summed E-state index contributed by atoms with van der Waals surface area (Å²) >= 11 is 0. The summed E-state index contributed by atoms with van der Waals surface area (Å²) in [5.74, 6) is -0.595. The molecule has 1 rings (SSSR count). The van der Waals surface area contributed by atoms with Crippen molar-refractivity contribution in [2.75, 3.05) is 33.7 Å². The zero-order valence-electron chi connectivity index (χ0n) is 12.8. The second-order valence-electron chi connectivity index (χ2n) is 4.84. The van der Waals surface area contributed by atoms with Crippen LogP contribution in [-0.4, -0.2) is 52.4 Å². The fourth-order valence-electron chi connectivity index (χ4n) is 1.78. The Morgan fingerprint density at radius 2 is 1.86 bits per heavy atom. The van der Waals surface area contributed by atoms with Gasteiger partial charge >= 0.3 is 0 Å². The number of hydrogen-bond acceptors (Lipinski definition) is 4. The van der Waals surface area contributed by atoms with Gasteiger partial charge in [0.15, 0.2) is 0 Å². The van der Waals surface area contributed by atoms with Crippen LogP contribution in [0.2, 0.25) is 0 Å². The van der Waals surface area contributed by atoms with Gasteiger partial charge in [-0.3, -0.25) is 4.79 Å². The van der Waals surface area contributed by atoms with Crippen LogP contribution in [0.25, 0.3) is 0 Å². The van der Waals surface area contributed by atoms with Gasteiger partial charge in [-0.2, -0.15) is 0 Å². The molecular weight excluding hydrogens is 309 g/mol. The van der Waals surface area contributed by atoms with Crippen molar-refractivity contribution in [2.24, 2.45) is 0 Å². The van der Waals surface area contributed by atoms with Crippen LogP contribution in [0.5, 0.6) is 0 Å². The molecule has 124 valence electrons. The molecule has 0 saturated carbocycles. The predicted octanol–water partition coefficient (Wildman–Crippen LogP) is 0.562. The quantitative estimate of drug-likeness (QED) is 0.648. The molecule has 0 saturated heterocycles. The molecule has 1 aromatic rings. The topological polar surface area (TPSA) is 78.5 Å². The van der Waals surface area contributed by atoms with Gasteiger partial charge in [-0.05, 0) is 37.7 Å². The smallest absolute Gasteiger partial charge is 0.242 e.